The highest BCUT2D eigenvalue weighted by Crippen LogP contribution is 2.29. The quantitative estimate of drug-likeness (QED) is 0.396. The third-order valence-corrected chi connectivity index (χ3v) is 5.90. The van der Waals surface area contributed by atoms with Gasteiger partial charge in [-0.1, -0.05) is 57.5 Å². The van der Waals surface area contributed by atoms with Gasteiger partial charge >= 0.3 is 0 Å². The number of aryl methyl sites for hydroxylation is 1. The van der Waals surface area contributed by atoms with Crippen molar-refractivity contribution in [2.45, 2.75) is 59.9 Å². The van der Waals surface area contributed by atoms with Crippen LogP contribution in [0.25, 0.3) is 16.6 Å². The van der Waals surface area contributed by atoms with Crippen molar-refractivity contribution in [3.8, 4) is 5.69 Å². The molecule has 0 spiro atoms. The summed E-state index contributed by atoms with van der Waals surface area (Å²) in [4.78, 5) is 34.1. The second kappa shape index (κ2) is 11.0. The Balaban J connectivity index is 2.22. The van der Waals surface area contributed by atoms with E-state index in [1.807, 2.05) is 61.2 Å². The molecule has 0 saturated carbocycles. The van der Waals surface area contributed by atoms with E-state index in [1.165, 1.54) is 0 Å². The van der Waals surface area contributed by atoms with E-state index in [1.54, 1.807) is 17.7 Å². The smallest absolute Gasteiger partial charge is 0.266 e. The molecule has 1 unspecified atom stereocenters. The number of methoxy groups -OCH3 is 1. The topological polar surface area (TPSA) is 64.4 Å². The van der Waals surface area contributed by atoms with Crippen molar-refractivity contribution in [3.05, 3.63) is 70.3 Å². The Morgan fingerprint density at radius 1 is 1.12 bits per heavy atom. The van der Waals surface area contributed by atoms with E-state index in [-0.39, 0.29) is 22.9 Å². The minimum absolute atomic E-state index is 0.0633. The minimum atomic E-state index is -0.342. The van der Waals surface area contributed by atoms with Crippen LogP contribution in [0, 0.1) is 12.3 Å². The Kier molecular flexibility index (Phi) is 8.26. The van der Waals surface area contributed by atoms with Gasteiger partial charge in [0.1, 0.15) is 5.82 Å². The van der Waals surface area contributed by atoms with Crippen LogP contribution in [0.4, 0.5) is 0 Å². The van der Waals surface area contributed by atoms with E-state index in [0.29, 0.717) is 49.1 Å². The lowest BCUT2D eigenvalue weighted by molar-refractivity contribution is -0.136. The summed E-state index contributed by atoms with van der Waals surface area (Å²) in [6.45, 7) is 11.4. The van der Waals surface area contributed by atoms with Gasteiger partial charge in [0.15, 0.2) is 0 Å². The maximum atomic E-state index is 13.7. The average molecular weight is 464 g/mol. The molecule has 0 fully saturated rings. The first-order chi connectivity index (χ1) is 16.2. The number of hydrogen-bond acceptors (Lipinski definition) is 4. The summed E-state index contributed by atoms with van der Waals surface area (Å²) >= 11 is 0. The van der Waals surface area contributed by atoms with Crippen LogP contribution in [0.3, 0.4) is 0 Å². The largest absolute Gasteiger partial charge is 0.385 e. The van der Waals surface area contributed by atoms with Gasteiger partial charge in [-0.15, -0.1) is 0 Å². The molecule has 1 atom stereocenters. The lowest BCUT2D eigenvalue weighted by atomic mass is 9.91. The van der Waals surface area contributed by atoms with Gasteiger partial charge < -0.3 is 9.64 Å². The van der Waals surface area contributed by atoms with Gasteiger partial charge in [-0.2, -0.15) is 0 Å². The predicted octanol–water partition coefficient (Wildman–Crippen LogP) is 5.45. The van der Waals surface area contributed by atoms with Crippen LogP contribution in [0.1, 0.15) is 64.4 Å². The summed E-state index contributed by atoms with van der Waals surface area (Å²) in [5.41, 5.74) is 2.23. The van der Waals surface area contributed by atoms with Gasteiger partial charge in [-0.25, -0.2) is 4.98 Å². The van der Waals surface area contributed by atoms with Crippen molar-refractivity contribution in [1.29, 1.82) is 0 Å². The minimum Gasteiger partial charge on any atom is -0.385 e. The molecule has 34 heavy (non-hydrogen) atoms. The molecule has 3 rings (SSSR count). The number of benzene rings is 2. The first-order valence-corrected chi connectivity index (χ1v) is 12.0. The summed E-state index contributed by atoms with van der Waals surface area (Å²) in [6, 6.07) is 14.9. The Morgan fingerprint density at radius 2 is 1.79 bits per heavy atom. The molecule has 1 amide bonds. The summed E-state index contributed by atoms with van der Waals surface area (Å²) in [5.74, 6) is 0.656. The summed E-state index contributed by atoms with van der Waals surface area (Å²) < 4.78 is 6.95. The van der Waals surface area contributed by atoms with Gasteiger partial charge in [0.2, 0.25) is 5.91 Å². The molecule has 0 bridgehead atoms. The lowest BCUT2D eigenvalue weighted by Gasteiger charge is -2.34. The van der Waals surface area contributed by atoms with E-state index in [4.69, 9.17) is 9.72 Å². The maximum absolute atomic E-state index is 13.7. The zero-order valence-corrected chi connectivity index (χ0v) is 21.3. The van der Waals surface area contributed by atoms with Crippen LogP contribution in [0.15, 0.2) is 53.3 Å². The number of amides is 1. The van der Waals surface area contributed by atoms with E-state index < -0.39 is 0 Å². The zero-order valence-electron chi connectivity index (χ0n) is 21.3. The zero-order chi connectivity index (χ0) is 24.9. The number of fused-ring (bicyclic) bond motifs is 1. The Labute approximate surface area is 202 Å². The molecule has 6 nitrogen and oxygen atoms in total. The van der Waals surface area contributed by atoms with Gasteiger partial charge in [0.05, 0.1) is 22.6 Å². The fraction of sp³-hybridized carbons (Fsp3) is 0.464. The molecule has 0 aliphatic rings. The third-order valence-electron chi connectivity index (χ3n) is 5.90. The second-order valence-electron chi connectivity index (χ2n) is 10.1. The highest BCUT2D eigenvalue weighted by atomic mass is 16.5. The first-order valence-electron chi connectivity index (χ1n) is 12.0. The van der Waals surface area contributed by atoms with Gasteiger partial charge in [0, 0.05) is 26.7 Å². The van der Waals surface area contributed by atoms with Crippen molar-refractivity contribution in [1.82, 2.24) is 14.5 Å². The number of ether oxygens (including phenoxy) is 1. The summed E-state index contributed by atoms with van der Waals surface area (Å²) in [5, 5.41) is 0.564. The van der Waals surface area contributed by atoms with Crippen LogP contribution >= 0.6 is 0 Å². The van der Waals surface area contributed by atoms with E-state index in [0.717, 1.165) is 11.3 Å². The van der Waals surface area contributed by atoms with E-state index >= 15 is 0 Å². The first kappa shape index (κ1) is 25.6. The molecule has 6 heteroatoms. The fourth-order valence-corrected chi connectivity index (χ4v) is 4.25. The fourth-order valence-electron chi connectivity index (χ4n) is 4.25. The number of carbonyl (C=O) groups is 1. The number of para-hydroxylation sites is 1. The third kappa shape index (κ3) is 5.92. The Hall–Kier alpha value is -2.99. The number of nitrogens with zero attached hydrogens (tertiary/aromatic N) is 3. The molecule has 0 aliphatic carbocycles. The molecular formula is C28H37N3O3. The second-order valence-corrected chi connectivity index (χ2v) is 10.1. The Bertz CT molecular complexity index is 1180. The summed E-state index contributed by atoms with van der Waals surface area (Å²) in [6.07, 6.45) is 1.77. The standard InChI is InChI=1S/C28H37N3O3/c1-7-24(30(17-10-18-34-6)25(32)19-28(3,4)5)26-29-23-12-9-8-11-22(23)27(33)31(26)21-15-13-20(2)14-16-21/h8-9,11-16,24H,7,10,17-19H2,1-6H3. The maximum Gasteiger partial charge on any atom is 0.266 e. The van der Waals surface area contributed by atoms with Crippen molar-refractivity contribution in [2.75, 3.05) is 20.3 Å². The molecule has 0 radical (unpaired) electrons. The molecule has 0 aliphatic heterocycles. The molecule has 0 N–H and O–H groups in total. The van der Waals surface area contributed by atoms with Gasteiger partial charge in [-0.05, 0) is 49.4 Å². The highest BCUT2D eigenvalue weighted by molar-refractivity contribution is 5.79. The molecule has 1 heterocycles. The lowest BCUT2D eigenvalue weighted by Crippen LogP contribution is -2.40. The molecule has 3 aromatic rings. The van der Waals surface area contributed by atoms with Crippen LogP contribution in [0.5, 0.6) is 0 Å². The summed E-state index contributed by atoms with van der Waals surface area (Å²) in [7, 11) is 1.67. The molecule has 1 aromatic heterocycles. The molecule has 2 aromatic carbocycles. The predicted molar refractivity (Wildman–Crippen MR) is 137 cm³/mol. The van der Waals surface area contributed by atoms with Gasteiger partial charge in [-0.3, -0.25) is 14.2 Å². The monoisotopic (exact) mass is 463 g/mol. The normalized spacial score (nSPS) is 12.6. The molecular weight excluding hydrogens is 426 g/mol. The number of hydrogen-bond donors (Lipinski definition) is 0. The van der Waals surface area contributed by atoms with Crippen molar-refractivity contribution >= 4 is 16.8 Å². The van der Waals surface area contributed by atoms with E-state index in [2.05, 4.69) is 20.8 Å². The highest BCUT2D eigenvalue weighted by Gasteiger charge is 2.30. The molecule has 182 valence electrons. The van der Waals surface area contributed by atoms with Crippen molar-refractivity contribution in [2.24, 2.45) is 5.41 Å². The molecule has 0 saturated heterocycles. The van der Waals surface area contributed by atoms with E-state index in [9.17, 15) is 9.59 Å². The number of carbonyl (C=O) groups excluding carboxylic acids is 1. The Morgan fingerprint density at radius 3 is 2.41 bits per heavy atom. The van der Waals surface area contributed by atoms with Crippen LogP contribution in [-0.4, -0.2) is 40.6 Å². The number of rotatable bonds is 9. The SMILES string of the molecule is CCC(c1nc2ccccc2c(=O)n1-c1ccc(C)cc1)N(CCCOC)C(=O)CC(C)(C)C. The van der Waals surface area contributed by atoms with Gasteiger partial charge in [0.25, 0.3) is 5.56 Å². The average Bonchev–Trinajstić information content (AvgIpc) is 2.78. The number of aromatic nitrogens is 2. The van der Waals surface area contributed by atoms with Crippen LogP contribution in [-0.2, 0) is 9.53 Å². The van der Waals surface area contributed by atoms with Crippen molar-refractivity contribution in [3.63, 3.8) is 0 Å². The van der Waals surface area contributed by atoms with Crippen molar-refractivity contribution < 1.29 is 9.53 Å². The van der Waals surface area contributed by atoms with Crippen LogP contribution in [0.2, 0.25) is 0 Å². The van der Waals surface area contributed by atoms with Crippen LogP contribution < -0.4 is 5.56 Å².